The molecule has 0 aliphatic carbocycles. The van der Waals surface area contributed by atoms with E-state index in [9.17, 15) is 14.0 Å². The summed E-state index contributed by atoms with van der Waals surface area (Å²) in [5, 5.41) is 5.65. The zero-order valence-electron chi connectivity index (χ0n) is 17.3. The van der Waals surface area contributed by atoms with Crippen LogP contribution in [0, 0.1) is 12.7 Å². The monoisotopic (exact) mass is 415 g/mol. The molecular weight excluding hydrogens is 393 g/mol. The Morgan fingerprint density at radius 2 is 1.52 bits per heavy atom. The third kappa shape index (κ3) is 4.10. The Kier molecular flexibility index (Phi) is 5.62. The summed E-state index contributed by atoms with van der Waals surface area (Å²) in [6.07, 6.45) is 0. The molecule has 31 heavy (non-hydrogen) atoms. The van der Waals surface area contributed by atoms with Gasteiger partial charge in [-0.25, -0.2) is 9.07 Å². The highest BCUT2D eigenvalue weighted by molar-refractivity contribution is 5.83. The number of carbonyl (C=O) groups excluding carboxylic acids is 1. The molecule has 1 amide bonds. The minimum absolute atomic E-state index is 0.189. The summed E-state index contributed by atoms with van der Waals surface area (Å²) >= 11 is 0. The molecule has 0 saturated carbocycles. The van der Waals surface area contributed by atoms with Crippen molar-refractivity contribution in [3.8, 4) is 0 Å². The van der Waals surface area contributed by atoms with Gasteiger partial charge in [-0.1, -0.05) is 60.7 Å². The third-order valence-corrected chi connectivity index (χ3v) is 5.42. The molecule has 0 bridgehead atoms. The summed E-state index contributed by atoms with van der Waals surface area (Å²) in [5.41, 5.74) is 2.04. The molecule has 0 spiro atoms. The maximum absolute atomic E-state index is 13.5. The normalized spacial score (nSPS) is 12.0. The van der Waals surface area contributed by atoms with Crippen LogP contribution in [0.1, 0.15) is 22.9 Å². The van der Waals surface area contributed by atoms with Crippen LogP contribution in [-0.4, -0.2) is 27.6 Å². The van der Waals surface area contributed by atoms with E-state index in [-0.39, 0.29) is 23.8 Å². The number of aryl methyl sites for hydroxylation is 1. The molecule has 0 radical (unpaired) electrons. The number of hydrogen-bond donors (Lipinski definition) is 0. The standard InChI is InChI=1S/C25H22FN3O2/c1-17-21-10-6-7-11-22(21)25(31)29(27-17)16-23(30)28(2)24(18-8-4-3-5-9-18)19-12-14-20(26)15-13-19/h3-15,24H,16H2,1-2H3/t24-/m0/s1. The Labute approximate surface area is 179 Å². The average molecular weight is 415 g/mol. The average Bonchev–Trinajstić information content (AvgIpc) is 2.79. The fraction of sp³-hybridized carbons (Fsp3) is 0.160. The number of halogens is 1. The van der Waals surface area contributed by atoms with E-state index < -0.39 is 6.04 Å². The van der Waals surface area contributed by atoms with Gasteiger partial charge in [0, 0.05) is 12.4 Å². The molecule has 1 heterocycles. The molecule has 4 aromatic rings. The molecule has 1 aromatic heterocycles. The quantitative estimate of drug-likeness (QED) is 0.493. The summed E-state index contributed by atoms with van der Waals surface area (Å²) in [6.45, 7) is 1.63. The highest BCUT2D eigenvalue weighted by Gasteiger charge is 2.24. The van der Waals surface area contributed by atoms with E-state index in [1.807, 2.05) is 49.4 Å². The molecule has 0 fully saturated rings. The van der Waals surface area contributed by atoms with Crippen LogP contribution in [-0.2, 0) is 11.3 Å². The molecule has 0 unspecified atom stereocenters. The number of rotatable bonds is 5. The van der Waals surface area contributed by atoms with Gasteiger partial charge in [0.2, 0.25) is 5.91 Å². The van der Waals surface area contributed by atoms with Gasteiger partial charge in [0.05, 0.1) is 17.1 Å². The molecule has 0 aliphatic heterocycles. The minimum Gasteiger partial charge on any atom is -0.333 e. The second-order valence-corrected chi connectivity index (χ2v) is 7.46. The maximum Gasteiger partial charge on any atom is 0.275 e. The fourth-order valence-corrected chi connectivity index (χ4v) is 3.82. The van der Waals surface area contributed by atoms with Gasteiger partial charge >= 0.3 is 0 Å². The van der Waals surface area contributed by atoms with Crippen molar-refractivity contribution in [1.29, 1.82) is 0 Å². The Morgan fingerprint density at radius 3 is 2.19 bits per heavy atom. The molecule has 0 saturated heterocycles. The van der Waals surface area contributed by atoms with Crippen LogP contribution in [0.3, 0.4) is 0 Å². The number of amides is 1. The van der Waals surface area contributed by atoms with Crippen molar-refractivity contribution >= 4 is 16.7 Å². The van der Waals surface area contributed by atoms with Crippen molar-refractivity contribution in [3.63, 3.8) is 0 Å². The van der Waals surface area contributed by atoms with Gasteiger partial charge in [-0.3, -0.25) is 9.59 Å². The second-order valence-electron chi connectivity index (χ2n) is 7.46. The summed E-state index contributed by atoms with van der Waals surface area (Å²) in [4.78, 5) is 27.7. The summed E-state index contributed by atoms with van der Waals surface area (Å²) in [7, 11) is 1.68. The van der Waals surface area contributed by atoms with Gasteiger partial charge in [-0.2, -0.15) is 5.10 Å². The first-order valence-electron chi connectivity index (χ1n) is 9.98. The molecule has 4 rings (SSSR count). The van der Waals surface area contributed by atoms with Crippen molar-refractivity contribution in [3.05, 3.63) is 112 Å². The molecule has 5 nitrogen and oxygen atoms in total. The van der Waals surface area contributed by atoms with Crippen LogP contribution in [0.4, 0.5) is 4.39 Å². The highest BCUT2D eigenvalue weighted by Crippen LogP contribution is 2.28. The summed E-state index contributed by atoms with van der Waals surface area (Å²) in [6, 6.07) is 22.4. The van der Waals surface area contributed by atoms with E-state index in [4.69, 9.17) is 0 Å². The molecule has 1 atom stereocenters. The molecule has 6 heteroatoms. The lowest BCUT2D eigenvalue weighted by molar-refractivity contribution is -0.132. The number of fused-ring (bicyclic) bond motifs is 1. The van der Waals surface area contributed by atoms with Crippen LogP contribution in [0.5, 0.6) is 0 Å². The first-order valence-corrected chi connectivity index (χ1v) is 9.98. The lowest BCUT2D eigenvalue weighted by Crippen LogP contribution is -2.38. The Balaban J connectivity index is 1.70. The van der Waals surface area contributed by atoms with Gasteiger partial charge in [0.1, 0.15) is 12.4 Å². The van der Waals surface area contributed by atoms with Crippen LogP contribution in [0.2, 0.25) is 0 Å². The van der Waals surface area contributed by atoms with Crippen LogP contribution < -0.4 is 5.56 Å². The smallest absolute Gasteiger partial charge is 0.275 e. The van der Waals surface area contributed by atoms with Crippen LogP contribution in [0.25, 0.3) is 10.8 Å². The van der Waals surface area contributed by atoms with Crippen molar-refractivity contribution in [2.75, 3.05) is 7.05 Å². The third-order valence-electron chi connectivity index (χ3n) is 5.42. The molecule has 3 aromatic carbocycles. The fourth-order valence-electron chi connectivity index (χ4n) is 3.82. The predicted octanol–water partition coefficient (Wildman–Crippen LogP) is 4.09. The van der Waals surface area contributed by atoms with E-state index in [0.717, 1.165) is 16.5 Å². The van der Waals surface area contributed by atoms with E-state index in [1.54, 1.807) is 36.2 Å². The van der Waals surface area contributed by atoms with Gasteiger partial charge in [-0.05, 0) is 36.2 Å². The Hall–Kier alpha value is -3.80. The largest absolute Gasteiger partial charge is 0.333 e. The second kappa shape index (κ2) is 8.52. The molecule has 0 N–H and O–H groups in total. The van der Waals surface area contributed by atoms with Gasteiger partial charge in [-0.15, -0.1) is 0 Å². The predicted molar refractivity (Wildman–Crippen MR) is 118 cm³/mol. The van der Waals surface area contributed by atoms with E-state index in [1.165, 1.54) is 16.8 Å². The minimum atomic E-state index is -0.424. The van der Waals surface area contributed by atoms with Crippen molar-refractivity contribution in [1.82, 2.24) is 14.7 Å². The van der Waals surface area contributed by atoms with E-state index in [2.05, 4.69) is 5.10 Å². The number of nitrogens with zero attached hydrogens (tertiary/aromatic N) is 3. The van der Waals surface area contributed by atoms with Gasteiger partial charge in [0.25, 0.3) is 5.56 Å². The molecular formula is C25H22FN3O2. The Morgan fingerprint density at radius 1 is 0.935 bits per heavy atom. The summed E-state index contributed by atoms with van der Waals surface area (Å²) < 4.78 is 14.7. The Bertz CT molecular complexity index is 1280. The summed E-state index contributed by atoms with van der Waals surface area (Å²) in [5.74, 6) is -0.616. The van der Waals surface area contributed by atoms with E-state index in [0.29, 0.717) is 11.1 Å². The zero-order valence-corrected chi connectivity index (χ0v) is 17.3. The van der Waals surface area contributed by atoms with Crippen molar-refractivity contribution < 1.29 is 9.18 Å². The topological polar surface area (TPSA) is 55.2 Å². The van der Waals surface area contributed by atoms with Gasteiger partial charge in [0.15, 0.2) is 0 Å². The SMILES string of the molecule is Cc1nn(CC(=O)N(C)[C@@H](c2ccccc2)c2ccc(F)cc2)c(=O)c2ccccc12. The van der Waals surface area contributed by atoms with Gasteiger partial charge < -0.3 is 4.90 Å². The van der Waals surface area contributed by atoms with Crippen LogP contribution >= 0.6 is 0 Å². The number of hydrogen-bond acceptors (Lipinski definition) is 3. The maximum atomic E-state index is 13.5. The number of aromatic nitrogens is 2. The van der Waals surface area contributed by atoms with E-state index >= 15 is 0 Å². The van der Waals surface area contributed by atoms with Crippen molar-refractivity contribution in [2.24, 2.45) is 0 Å². The lowest BCUT2D eigenvalue weighted by Gasteiger charge is -2.29. The molecule has 156 valence electrons. The number of likely N-dealkylation sites (N-methyl/N-ethyl adjacent to an activating group) is 1. The first kappa shape index (κ1) is 20.5. The van der Waals surface area contributed by atoms with Crippen molar-refractivity contribution in [2.45, 2.75) is 19.5 Å². The highest BCUT2D eigenvalue weighted by atomic mass is 19.1. The first-order chi connectivity index (χ1) is 15.0. The number of carbonyl (C=O) groups is 1. The lowest BCUT2D eigenvalue weighted by atomic mass is 9.97. The number of benzene rings is 3. The molecule has 0 aliphatic rings. The van der Waals surface area contributed by atoms with Crippen LogP contribution in [0.15, 0.2) is 83.7 Å². The zero-order chi connectivity index (χ0) is 22.0.